The molecule has 0 bridgehead atoms. The Labute approximate surface area is 178 Å². The second-order valence-electron chi connectivity index (χ2n) is 7.37. The number of anilines is 1. The van der Waals surface area contributed by atoms with Crippen molar-refractivity contribution in [2.24, 2.45) is 5.41 Å². The van der Waals surface area contributed by atoms with E-state index < -0.39 is 34.9 Å². The molecule has 3 rings (SSSR count). The summed E-state index contributed by atoms with van der Waals surface area (Å²) in [4.78, 5) is 16.5. The largest absolute Gasteiger partial charge is 0.477 e. The molecule has 6 nitrogen and oxygen atoms in total. The molecule has 0 spiro atoms. The molecule has 1 N–H and O–H groups in total. The maximum Gasteiger partial charge on any atom is 0.418 e. The number of hydrogen-bond acceptors (Lipinski definition) is 4. The lowest BCUT2D eigenvalue weighted by molar-refractivity contribution is -0.208. The predicted molar refractivity (Wildman–Crippen MR) is 103 cm³/mol. The van der Waals surface area contributed by atoms with Gasteiger partial charge >= 0.3 is 12.4 Å². The van der Waals surface area contributed by atoms with E-state index in [1.165, 1.54) is 10.7 Å². The lowest BCUT2D eigenvalue weighted by atomic mass is 9.91. The van der Waals surface area contributed by atoms with Crippen molar-refractivity contribution in [2.45, 2.75) is 33.1 Å². The second kappa shape index (κ2) is 7.99. The fourth-order valence-electron chi connectivity index (χ4n) is 2.69. The van der Waals surface area contributed by atoms with Crippen LogP contribution < -0.4 is 10.1 Å². The van der Waals surface area contributed by atoms with Crippen molar-refractivity contribution in [3.05, 3.63) is 42.1 Å². The molecule has 0 unspecified atom stereocenters. The molecule has 1 amide bonds. The summed E-state index contributed by atoms with van der Waals surface area (Å²) in [6.07, 6.45) is -8.44. The number of nitrogens with one attached hydrogen (secondary N) is 1. The molecule has 12 heteroatoms. The Balaban J connectivity index is 2.04. The highest BCUT2D eigenvalue weighted by molar-refractivity contribution is 5.96. The van der Waals surface area contributed by atoms with Crippen molar-refractivity contribution in [3.63, 3.8) is 0 Å². The Kier molecular flexibility index (Phi) is 5.83. The van der Waals surface area contributed by atoms with E-state index in [0.717, 1.165) is 12.1 Å². The second-order valence-corrected chi connectivity index (χ2v) is 7.37. The van der Waals surface area contributed by atoms with Crippen molar-refractivity contribution in [1.29, 1.82) is 0 Å². The molecule has 3 aromatic rings. The van der Waals surface area contributed by atoms with Gasteiger partial charge < -0.3 is 10.1 Å². The fraction of sp³-hybridized carbons (Fsp3) is 0.350. The molecule has 2 heterocycles. The van der Waals surface area contributed by atoms with Crippen LogP contribution in [-0.2, 0) is 11.0 Å². The quantitative estimate of drug-likeness (QED) is 0.522. The molecule has 32 heavy (non-hydrogen) atoms. The van der Waals surface area contributed by atoms with Crippen LogP contribution >= 0.6 is 0 Å². The first-order valence-corrected chi connectivity index (χ1v) is 9.33. The number of carbonyl (C=O) groups is 1. The third-order valence-corrected chi connectivity index (χ3v) is 4.73. The smallest absolute Gasteiger partial charge is 0.418 e. The monoisotopic (exact) mass is 460 g/mol. The first-order chi connectivity index (χ1) is 14.7. The van der Waals surface area contributed by atoms with Gasteiger partial charge in [-0.2, -0.15) is 26.3 Å². The highest BCUT2D eigenvalue weighted by Gasteiger charge is 2.53. The van der Waals surface area contributed by atoms with Gasteiger partial charge in [-0.3, -0.25) is 4.79 Å². The van der Waals surface area contributed by atoms with Gasteiger partial charge in [-0.15, -0.1) is 5.10 Å². The average molecular weight is 460 g/mol. The first-order valence-electron chi connectivity index (χ1n) is 9.33. The van der Waals surface area contributed by atoms with Crippen LogP contribution in [0.5, 0.6) is 5.88 Å². The number of rotatable bonds is 5. The number of imidazole rings is 1. The molecule has 172 valence electrons. The van der Waals surface area contributed by atoms with Gasteiger partial charge in [0.15, 0.2) is 5.65 Å². The number of aromatic nitrogens is 3. The molecular weight excluding hydrogens is 442 g/mol. The zero-order valence-electron chi connectivity index (χ0n) is 17.1. The summed E-state index contributed by atoms with van der Waals surface area (Å²) >= 11 is 0. The maximum atomic E-state index is 13.4. The van der Waals surface area contributed by atoms with Crippen LogP contribution in [0.4, 0.5) is 32.0 Å². The average Bonchev–Trinajstić information content (AvgIpc) is 3.09. The minimum atomic E-state index is -4.96. The van der Waals surface area contributed by atoms with E-state index >= 15 is 0 Å². The zero-order chi connectivity index (χ0) is 23.9. The Morgan fingerprint density at radius 1 is 1.09 bits per heavy atom. The molecule has 0 radical (unpaired) electrons. The maximum absolute atomic E-state index is 13.4. The third-order valence-electron chi connectivity index (χ3n) is 4.73. The molecule has 0 atom stereocenters. The third kappa shape index (κ3) is 4.48. The number of nitrogens with zero attached hydrogens (tertiary/aromatic N) is 3. The zero-order valence-corrected chi connectivity index (χ0v) is 17.1. The first kappa shape index (κ1) is 23.4. The van der Waals surface area contributed by atoms with Crippen molar-refractivity contribution >= 4 is 17.2 Å². The molecule has 0 saturated carbocycles. The van der Waals surface area contributed by atoms with Gasteiger partial charge in [0.25, 0.3) is 0 Å². The van der Waals surface area contributed by atoms with Gasteiger partial charge in [0.05, 0.1) is 29.7 Å². The predicted octanol–water partition coefficient (Wildman–Crippen LogP) is 5.34. The summed E-state index contributed by atoms with van der Waals surface area (Å²) in [6, 6.07) is 5.86. The molecule has 0 aliphatic carbocycles. The highest BCUT2D eigenvalue weighted by atomic mass is 19.4. The highest BCUT2D eigenvalue weighted by Crippen LogP contribution is 2.41. The summed E-state index contributed by atoms with van der Waals surface area (Å²) in [5.41, 5.74) is -4.29. The Morgan fingerprint density at radius 3 is 2.38 bits per heavy atom. The van der Waals surface area contributed by atoms with Gasteiger partial charge in [-0.25, -0.2) is 9.50 Å². The summed E-state index contributed by atoms with van der Waals surface area (Å²) in [7, 11) is 0. The Hall–Kier alpha value is -3.31. The van der Waals surface area contributed by atoms with Crippen LogP contribution in [-0.4, -0.2) is 33.3 Å². The van der Waals surface area contributed by atoms with E-state index in [1.54, 1.807) is 24.4 Å². The van der Waals surface area contributed by atoms with E-state index in [9.17, 15) is 31.1 Å². The van der Waals surface area contributed by atoms with Crippen LogP contribution in [0.25, 0.3) is 16.9 Å². The Morgan fingerprint density at radius 2 is 1.78 bits per heavy atom. The summed E-state index contributed by atoms with van der Waals surface area (Å²) in [6.45, 7) is 3.31. The van der Waals surface area contributed by atoms with Gasteiger partial charge in [-0.1, -0.05) is 6.07 Å². The van der Waals surface area contributed by atoms with Gasteiger partial charge in [0.2, 0.25) is 11.8 Å². The van der Waals surface area contributed by atoms with Crippen molar-refractivity contribution in [2.75, 3.05) is 11.9 Å². The van der Waals surface area contributed by atoms with Crippen LogP contribution in [0.2, 0.25) is 0 Å². The molecule has 0 saturated heterocycles. The number of hydrogen-bond donors (Lipinski definition) is 1. The minimum Gasteiger partial charge on any atom is -0.477 e. The summed E-state index contributed by atoms with van der Waals surface area (Å²) < 4.78 is 86.4. The van der Waals surface area contributed by atoms with Crippen LogP contribution in [0.15, 0.2) is 36.5 Å². The summed E-state index contributed by atoms with van der Waals surface area (Å²) in [5, 5.41) is 5.94. The lowest BCUT2D eigenvalue weighted by Gasteiger charge is -2.27. The normalized spacial score (nSPS) is 12.8. The molecule has 0 aliphatic rings. The van der Waals surface area contributed by atoms with E-state index in [4.69, 9.17) is 4.74 Å². The molecule has 0 fully saturated rings. The van der Waals surface area contributed by atoms with E-state index in [2.05, 4.69) is 10.1 Å². The lowest BCUT2D eigenvalue weighted by Crippen LogP contribution is -2.43. The molecule has 0 aliphatic heterocycles. The number of benzene rings is 1. The van der Waals surface area contributed by atoms with Crippen molar-refractivity contribution in [1.82, 2.24) is 14.6 Å². The van der Waals surface area contributed by atoms with Gasteiger partial charge in [0, 0.05) is 11.6 Å². The summed E-state index contributed by atoms with van der Waals surface area (Å²) in [5.74, 6) is -1.32. The number of fused-ring (bicyclic) bond motifs is 1. The van der Waals surface area contributed by atoms with Crippen LogP contribution in [0.1, 0.15) is 26.3 Å². The number of carbonyl (C=O) groups excluding carboxylic acids is 1. The fourth-order valence-corrected chi connectivity index (χ4v) is 2.69. The van der Waals surface area contributed by atoms with E-state index in [1.807, 2.05) is 0 Å². The van der Waals surface area contributed by atoms with E-state index in [0.29, 0.717) is 38.0 Å². The van der Waals surface area contributed by atoms with Crippen LogP contribution in [0, 0.1) is 5.41 Å². The number of halogens is 6. The Bertz CT molecular complexity index is 1150. The van der Waals surface area contributed by atoms with Gasteiger partial charge in [-0.05, 0) is 39.0 Å². The number of alkyl halides is 6. The molecule has 2 aromatic heterocycles. The van der Waals surface area contributed by atoms with Gasteiger partial charge in [0.1, 0.15) is 5.41 Å². The van der Waals surface area contributed by atoms with Crippen LogP contribution in [0.3, 0.4) is 0 Å². The molecule has 1 aromatic carbocycles. The van der Waals surface area contributed by atoms with Crippen molar-refractivity contribution in [3.8, 4) is 17.1 Å². The van der Waals surface area contributed by atoms with E-state index in [-0.39, 0.29) is 11.3 Å². The standard InChI is InChI=1S/C20H18F6N4O2/c1-4-32-16-8-7-15-27-14(10-30(15)29-16)11-5-6-12(19(21,22)23)13(9-11)28-17(31)18(2,3)20(24,25)26/h5-10H,4H2,1-3H3,(H,28,31). The number of amides is 1. The SMILES string of the molecule is CCOc1ccc2nc(-c3ccc(C(F)(F)F)c(NC(=O)C(C)(C)C(F)(F)F)c3)cn2n1. The molecular formula is C20H18F6N4O2. The number of ether oxygens (including phenoxy) is 1. The topological polar surface area (TPSA) is 68.5 Å². The minimum absolute atomic E-state index is 0.140. The van der Waals surface area contributed by atoms with Crippen molar-refractivity contribution < 1.29 is 35.9 Å².